The van der Waals surface area contributed by atoms with Gasteiger partial charge in [-0.15, -0.1) is 0 Å². The Morgan fingerprint density at radius 3 is 2.38 bits per heavy atom. The van der Waals surface area contributed by atoms with Crippen LogP contribution in [0.15, 0.2) is 41.4 Å². The van der Waals surface area contributed by atoms with E-state index in [0.29, 0.717) is 42.4 Å². The maximum absolute atomic E-state index is 13.8. The van der Waals surface area contributed by atoms with Gasteiger partial charge >= 0.3 is 0 Å². The lowest BCUT2D eigenvalue weighted by molar-refractivity contribution is -0.125. The van der Waals surface area contributed by atoms with Crippen LogP contribution < -0.4 is 4.90 Å². The van der Waals surface area contributed by atoms with Crippen molar-refractivity contribution in [2.24, 2.45) is 5.41 Å². The largest absolute Gasteiger partial charge is 0.379 e. The molecule has 1 unspecified atom stereocenters. The first-order valence-corrected chi connectivity index (χ1v) is 12.7. The summed E-state index contributed by atoms with van der Waals surface area (Å²) in [6.45, 7) is 8.19. The number of hydrogen-bond donors (Lipinski definition) is 0. The van der Waals surface area contributed by atoms with E-state index in [1.807, 2.05) is 27.7 Å². The zero-order valence-corrected chi connectivity index (χ0v) is 21.0. The van der Waals surface area contributed by atoms with Gasteiger partial charge in [-0.2, -0.15) is 0 Å². The van der Waals surface area contributed by atoms with Gasteiger partial charge in [0.05, 0.1) is 16.5 Å². The molecule has 1 atom stereocenters. The van der Waals surface area contributed by atoms with Gasteiger partial charge in [0, 0.05) is 29.8 Å². The number of aromatic nitrogens is 1. The molecule has 1 saturated heterocycles. The van der Waals surface area contributed by atoms with Gasteiger partial charge < -0.3 is 4.74 Å². The number of carbonyl (C=O) groups excluding carboxylic acids is 1. The lowest BCUT2D eigenvalue weighted by Gasteiger charge is -2.37. The van der Waals surface area contributed by atoms with E-state index >= 15 is 0 Å². The number of anilines is 1. The molecule has 0 aliphatic carbocycles. The average molecular weight is 499 g/mol. The van der Waals surface area contributed by atoms with Gasteiger partial charge in [-0.1, -0.05) is 44.0 Å². The van der Waals surface area contributed by atoms with Crippen molar-refractivity contribution in [3.05, 3.63) is 52.1 Å². The Morgan fingerprint density at radius 2 is 1.88 bits per heavy atom. The van der Waals surface area contributed by atoms with Crippen LogP contribution in [-0.2, 0) is 24.1 Å². The Hall–Kier alpha value is -1.67. The SMILES string of the molecule is CCN(C(=O)C(C)(C)C)c1ncc(C2(S(=O)(=O)c3ccc(Cl)cc3)CCCOC2)cc1Cl. The molecule has 1 aliphatic rings. The molecule has 2 aromatic rings. The summed E-state index contributed by atoms with van der Waals surface area (Å²) in [5.41, 5.74) is -0.170. The summed E-state index contributed by atoms with van der Waals surface area (Å²) in [6.07, 6.45) is 2.45. The second-order valence-electron chi connectivity index (χ2n) is 8.94. The summed E-state index contributed by atoms with van der Waals surface area (Å²) >= 11 is 12.5. The van der Waals surface area contributed by atoms with E-state index in [2.05, 4.69) is 4.98 Å². The van der Waals surface area contributed by atoms with E-state index in [1.54, 1.807) is 18.2 Å². The molecule has 0 radical (unpaired) electrons. The molecular weight excluding hydrogens is 471 g/mol. The van der Waals surface area contributed by atoms with Crippen molar-refractivity contribution in [2.75, 3.05) is 24.7 Å². The molecule has 174 valence electrons. The molecule has 1 aromatic carbocycles. The molecule has 0 saturated carbocycles. The van der Waals surface area contributed by atoms with Crippen LogP contribution >= 0.6 is 23.2 Å². The van der Waals surface area contributed by atoms with Crippen LogP contribution in [0.3, 0.4) is 0 Å². The summed E-state index contributed by atoms with van der Waals surface area (Å²) in [4.78, 5) is 19.0. The number of nitrogens with zero attached hydrogens (tertiary/aromatic N) is 2. The lowest BCUT2D eigenvalue weighted by Crippen LogP contribution is -2.44. The minimum atomic E-state index is -3.85. The topological polar surface area (TPSA) is 76.6 Å². The van der Waals surface area contributed by atoms with Crippen LogP contribution in [0.25, 0.3) is 0 Å². The lowest BCUT2D eigenvalue weighted by atomic mass is 9.93. The quantitative estimate of drug-likeness (QED) is 0.561. The number of sulfone groups is 1. The van der Waals surface area contributed by atoms with Gasteiger partial charge in [-0.3, -0.25) is 9.69 Å². The van der Waals surface area contributed by atoms with Gasteiger partial charge in [0.1, 0.15) is 4.75 Å². The zero-order valence-electron chi connectivity index (χ0n) is 18.7. The zero-order chi connectivity index (χ0) is 23.7. The number of rotatable bonds is 5. The molecule has 2 heterocycles. The molecule has 1 aliphatic heterocycles. The third-order valence-electron chi connectivity index (χ3n) is 5.65. The van der Waals surface area contributed by atoms with Crippen LogP contribution in [0.1, 0.15) is 46.1 Å². The fraction of sp³-hybridized carbons (Fsp3) is 0.478. The number of halogens is 2. The Labute approximate surface area is 199 Å². The van der Waals surface area contributed by atoms with Crippen LogP contribution in [-0.4, -0.2) is 39.1 Å². The summed E-state index contributed by atoms with van der Waals surface area (Å²) in [5.74, 6) is 0.195. The molecule has 0 spiro atoms. The van der Waals surface area contributed by atoms with E-state index in [4.69, 9.17) is 27.9 Å². The maximum atomic E-state index is 13.8. The Bertz CT molecular complexity index is 1090. The molecule has 9 heteroatoms. The molecule has 32 heavy (non-hydrogen) atoms. The second kappa shape index (κ2) is 9.29. The van der Waals surface area contributed by atoms with Crippen molar-refractivity contribution in [3.8, 4) is 0 Å². The fourth-order valence-corrected chi connectivity index (χ4v) is 6.29. The number of ether oxygens (including phenoxy) is 1. The van der Waals surface area contributed by atoms with Gasteiger partial charge in [-0.25, -0.2) is 13.4 Å². The van der Waals surface area contributed by atoms with Crippen LogP contribution in [0.2, 0.25) is 10.0 Å². The van der Waals surface area contributed by atoms with Crippen molar-refractivity contribution in [2.45, 2.75) is 50.2 Å². The highest BCUT2D eigenvalue weighted by atomic mass is 35.5. The van der Waals surface area contributed by atoms with Crippen molar-refractivity contribution in [3.63, 3.8) is 0 Å². The Balaban J connectivity index is 2.11. The summed E-state index contributed by atoms with van der Waals surface area (Å²) in [6, 6.07) is 7.70. The number of benzene rings is 1. The number of hydrogen-bond acceptors (Lipinski definition) is 5. The summed E-state index contributed by atoms with van der Waals surface area (Å²) < 4.78 is 31.9. The van der Waals surface area contributed by atoms with Gasteiger partial charge in [0.15, 0.2) is 15.7 Å². The summed E-state index contributed by atoms with van der Waals surface area (Å²) in [5, 5.41) is 0.674. The predicted molar refractivity (Wildman–Crippen MR) is 127 cm³/mol. The summed E-state index contributed by atoms with van der Waals surface area (Å²) in [7, 11) is -3.85. The Morgan fingerprint density at radius 1 is 1.22 bits per heavy atom. The molecule has 6 nitrogen and oxygen atoms in total. The van der Waals surface area contributed by atoms with Crippen molar-refractivity contribution in [1.82, 2.24) is 4.98 Å². The molecule has 0 bridgehead atoms. The standard InChI is InChI=1S/C23H28Cl2N2O4S/c1-5-27(21(28)22(2,3)4)20-19(25)13-16(14-26-20)23(11-6-12-31-15-23)32(29,30)18-9-7-17(24)8-10-18/h7-10,13-14H,5-6,11-12,15H2,1-4H3. The van der Waals surface area contributed by atoms with Gasteiger partial charge in [0.2, 0.25) is 5.91 Å². The minimum Gasteiger partial charge on any atom is -0.379 e. The van der Waals surface area contributed by atoms with Crippen LogP contribution in [0.5, 0.6) is 0 Å². The highest BCUT2D eigenvalue weighted by Crippen LogP contribution is 2.43. The van der Waals surface area contributed by atoms with Gasteiger partial charge in [0.25, 0.3) is 0 Å². The normalized spacial score (nSPS) is 19.6. The highest BCUT2D eigenvalue weighted by Gasteiger charge is 2.48. The fourth-order valence-electron chi connectivity index (χ4n) is 3.88. The monoisotopic (exact) mass is 498 g/mol. The number of amides is 1. The molecular formula is C23H28Cl2N2O4S. The van der Waals surface area contributed by atoms with Crippen molar-refractivity contribution < 1.29 is 17.9 Å². The highest BCUT2D eigenvalue weighted by molar-refractivity contribution is 7.92. The first-order valence-electron chi connectivity index (χ1n) is 10.5. The van der Waals surface area contributed by atoms with E-state index in [-0.39, 0.29) is 22.4 Å². The van der Waals surface area contributed by atoms with Gasteiger partial charge in [-0.05, 0) is 55.7 Å². The molecule has 1 fully saturated rings. The van der Waals surface area contributed by atoms with Crippen molar-refractivity contribution in [1.29, 1.82) is 0 Å². The third-order valence-corrected chi connectivity index (χ3v) is 8.66. The van der Waals surface area contributed by atoms with Crippen molar-refractivity contribution >= 4 is 44.8 Å². The van der Waals surface area contributed by atoms with Crippen LogP contribution in [0.4, 0.5) is 5.82 Å². The maximum Gasteiger partial charge on any atom is 0.233 e. The third kappa shape index (κ3) is 4.53. The first-order chi connectivity index (χ1) is 14.9. The molecule has 1 amide bonds. The molecule has 3 rings (SSSR count). The minimum absolute atomic E-state index is 0.00622. The first kappa shape index (κ1) is 25.0. The molecule has 1 aromatic heterocycles. The second-order valence-corrected chi connectivity index (χ2v) is 12.0. The average Bonchev–Trinajstić information content (AvgIpc) is 2.75. The molecule has 0 N–H and O–H groups in total. The number of pyridine rings is 1. The number of carbonyl (C=O) groups is 1. The van der Waals surface area contributed by atoms with E-state index in [9.17, 15) is 13.2 Å². The van der Waals surface area contributed by atoms with E-state index < -0.39 is 20.0 Å². The van der Waals surface area contributed by atoms with Crippen LogP contribution in [0, 0.1) is 5.41 Å². The van der Waals surface area contributed by atoms with E-state index in [1.165, 1.54) is 23.2 Å². The smallest absolute Gasteiger partial charge is 0.233 e. The Kier molecular flexibility index (Phi) is 7.25. The predicted octanol–water partition coefficient (Wildman–Crippen LogP) is 5.27. The van der Waals surface area contributed by atoms with E-state index in [0.717, 1.165) is 0 Å².